The first-order valence-corrected chi connectivity index (χ1v) is 9.25. The predicted molar refractivity (Wildman–Crippen MR) is 94.9 cm³/mol. The molecule has 0 bridgehead atoms. The average Bonchev–Trinajstić information content (AvgIpc) is 3.23. The summed E-state index contributed by atoms with van der Waals surface area (Å²) in [5, 5.41) is 5.76. The highest BCUT2D eigenvalue weighted by Gasteiger charge is 2.23. The van der Waals surface area contributed by atoms with Crippen molar-refractivity contribution in [2.24, 2.45) is 0 Å². The summed E-state index contributed by atoms with van der Waals surface area (Å²) in [5.74, 6) is -0.179. The zero-order valence-electron chi connectivity index (χ0n) is 12.6. The lowest BCUT2D eigenvalue weighted by Crippen LogP contribution is -2.12. The van der Waals surface area contributed by atoms with Gasteiger partial charge in [-0.1, -0.05) is 41.7 Å². The van der Waals surface area contributed by atoms with E-state index in [9.17, 15) is 9.59 Å². The van der Waals surface area contributed by atoms with Gasteiger partial charge in [0, 0.05) is 17.4 Å². The molecule has 7 heteroatoms. The SMILES string of the molecule is O=C(Nc1nc2c(s1)C(=O)CCC2)c1csc(-c2ccccc2)n1. The van der Waals surface area contributed by atoms with Crippen LogP contribution in [0.3, 0.4) is 0 Å². The van der Waals surface area contributed by atoms with Crippen molar-refractivity contribution in [3.8, 4) is 10.6 Å². The minimum absolute atomic E-state index is 0.120. The summed E-state index contributed by atoms with van der Waals surface area (Å²) in [6.45, 7) is 0. The Morgan fingerprint density at radius 1 is 1.12 bits per heavy atom. The molecule has 120 valence electrons. The average molecular weight is 355 g/mol. The first-order chi connectivity index (χ1) is 11.7. The Kier molecular flexibility index (Phi) is 3.95. The highest BCUT2D eigenvalue weighted by molar-refractivity contribution is 7.17. The van der Waals surface area contributed by atoms with Crippen LogP contribution in [-0.2, 0) is 6.42 Å². The Bertz CT molecular complexity index is 915. The van der Waals surface area contributed by atoms with Crippen LogP contribution < -0.4 is 5.32 Å². The molecule has 5 nitrogen and oxygen atoms in total. The van der Waals surface area contributed by atoms with Crippen LogP contribution in [0.5, 0.6) is 0 Å². The van der Waals surface area contributed by atoms with Crippen molar-refractivity contribution < 1.29 is 9.59 Å². The van der Waals surface area contributed by atoms with Crippen LogP contribution in [0.1, 0.15) is 38.7 Å². The fraction of sp³-hybridized carbons (Fsp3) is 0.176. The van der Waals surface area contributed by atoms with Gasteiger partial charge in [0.05, 0.1) is 10.6 Å². The highest BCUT2D eigenvalue weighted by Crippen LogP contribution is 2.30. The molecule has 4 rings (SSSR count). The summed E-state index contributed by atoms with van der Waals surface area (Å²) in [5.41, 5.74) is 2.14. The Balaban J connectivity index is 1.53. The maximum Gasteiger partial charge on any atom is 0.276 e. The number of carbonyl (C=O) groups excluding carboxylic acids is 2. The number of carbonyl (C=O) groups is 2. The molecule has 0 radical (unpaired) electrons. The van der Waals surface area contributed by atoms with Crippen molar-refractivity contribution in [1.82, 2.24) is 9.97 Å². The summed E-state index contributed by atoms with van der Waals surface area (Å²) in [6.07, 6.45) is 2.19. The van der Waals surface area contributed by atoms with Gasteiger partial charge in [0.15, 0.2) is 10.9 Å². The predicted octanol–water partition coefficient (Wildman–Crippen LogP) is 4.04. The summed E-state index contributed by atoms with van der Waals surface area (Å²) in [4.78, 5) is 33.7. The number of Topliss-reactive ketones (excluding diaryl/α,β-unsaturated/α-hetero) is 1. The minimum Gasteiger partial charge on any atom is -0.296 e. The molecule has 24 heavy (non-hydrogen) atoms. The van der Waals surface area contributed by atoms with E-state index in [-0.39, 0.29) is 11.7 Å². The van der Waals surface area contributed by atoms with E-state index < -0.39 is 0 Å². The third kappa shape index (κ3) is 2.88. The number of ketones is 1. The minimum atomic E-state index is -0.299. The molecule has 1 N–H and O–H groups in total. The number of aromatic nitrogens is 2. The van der Waals surface area contributed by atoms with Gasteiger partial charge in [0.25, 0.3) is 5.91 Å². The van der Waals surface area contributed by atoms with E-state index in [2.05, 4.69) is 15.3 Å². The van der Waals surface area contributed by atoms with Gasteiger partial charge in [-0.2, -0.15) is 0 Å². The third-order valence-electron chi connectivity index (χ3n) is 3.75. The van der Waals surface area contributed by atoms with Crippen LogP contribution in [0.4, 0.5) is 5.13 Å². The van der Waals surface area contributed by atoms with Crippen molar-refractivity contribution in [2.75, 3.05) is 5.32 Å². The standard InChI is InChI=1S/C17H13N3O2S2/c21-13-8-4-7-11-14(13)24-17(19-11)20-15(22)12-9-23-16(18-12)10-5-2-1-3-6-10/h1-3,5-6,9H,4,7-8H2,(H,19,20,22). The lowest BCUT2D eigenvalue weighted by molar-refractivity contribution is 0.0975. The molecule has 0 saturated carbocycles. The van der Waals surface area contributed by atoms with Gasteiger partial charge < -0.3 is 0 Å². The Morgan fingerprint density at radius 2 is 1.96 bits per heavy atom. The molecule has 0 unspecified atom stereocenters. The van der Waals surface area contributed by atoms with E-state index in [1.165, 1.54) is 22.7 Å². The number of nitrogens with zero attached hydrogens (tertiary/aromatic N) is 2. The number of fused-ring (bicyclic) bond motifs is 1. The Hall–Kier alpha value is -2.38. The van der Waals surface area contributed by atoms with Crippen LogP contribution in [0.2, 0.25) is 0 Å². The molecule has 0 atom stereocenters. The molecule has 1 amide bonds. The molecule has 2 heterocycles. The van der Waals surface area contributed by atoms with Crippen LogP contribution in [0, 0.1) is 0 Å². The van der Waals surface area contributed by atoms with Gasteiger partial charge in [-0.25, -0.2) is 9.97 Å². The van der Waals surface area contributed by atoms with E-state index >= 15 is 0 Å². The van der Waals surface area contributed by atoms with Gasteiger partial charge in [0.2, 0.25) is 0 Å². The number of anilines is 1. The molecule has 0 saturated heterocycles. The van der Waals surface area contributed by atoms with E-state index in [4.69, 9.17) is 0 Å². The van der Waals surface area contributed by atoms with Gasteiger partial charge in [-0.15, -0.1) is 11.3 Å². The summed E-state index contributed by atoms with van der Waals surface area (Å²) < 4.78 is 0. The van der Waals surface area contributed by atoms with Gasteiger partial charge >= 0.3 is 0 Å². The van der Waals surface area contributed by atoms with E-state index in [0.29, 0.717) is 22.1 Å². The summed E-state index contributed by atoms with van der Waals surface area (Å²) in [6, 6.07) is 9.74. The number of hydrogen-bond acceptors (Lipinski definition) is 6. The van der Waals surface area contributed by atoms with Gasteiger partial charge in [-0.3, -0.25) is 14.9 Å². The maximum atomic E-state index is 12.4. The highest BCUT2D eigenvalue weighted by atomic mass is 32.1. The Morgan fingerprint density at radius 3 is 2.75 bits per heavy atom. The lowest BCUT2D eigenvalue weighted by Gasteiger charge is -2.05. The van der Waals surface area contributed by atoms with Crippen LogP contribution in [0.15, 0.2) is 35.7 Å². The van der Waals surface area contributed by atoms with Crippen molar-refractivity contribution >= 4 is 39.5 Å². The normalized spacial score (nSPS) is 13.6. The molecule has 0 aliphatic heterocycles. The topological polar surface area (TPSA) is 72.0 Å². The molecule has 1 aliphatic carbocycles. The number of rotatable bonds is 3. The first-order valence-electron chi connectivity index (χ1n) is 7.56. The molecule has 1 aromatic carbocycles. The first kappa shape index (κ1) is 15.2. The Labute approximate surface area is 146 Å². The largest absolute Gasteiger partial charge is 0.296 e. The van der Waals surface area contributed by atoms with E-state index in [1.807, 2.05) is 30.3 Å². The molecule has 3 aromatic rings. The van der Waals surface area contributed by atoms with E-state index in [1.54, 1.807) is 5.38 Å². The maximum absolute atomic E-state index is 12.4. The smallest absolute Gasteiger partial charge is 0.276 e. The van der Waals surface area contributed by atoms with Crippen molar-refractivity contribution in [3.63, 3.8) is 0 Å². The second kappa shape index (κ2) is 6.26. The zero-order chi connectivity index (χ0) is 16.5. The fourth-order valence-corrected chi connectivity index (χ4v) is 4.36. The van der Waals surface area contributed by atoms with Gasteiger partial charge in [-0.05, 0) is 12.8 Å². The summed E-state index contributed by atoms with van der Waals surface area (Å²) >= 11 is 2.68. The number of amides is 1. The molecule has 2 aromatic heterocycles. The molecular weight excluding hydrogens is 342 g/mol. The van der Waals surface area contributed by atoms with Gasteiger partial charge in [0.1, 0.15) is 10.7 Å². The number of aryl methyl sites for hydroxylation is 1. The lowest BCUT2D eigenvalue weighted by atomic mass is 10.0. The molecule has 1 aliphatic rings. The fourth-order valence-electron chi connectivity index (χ4n) is 2.57. The third-order valence-corrected chi connectivity index (χ3v) is 5.69. The summed E-state index contributed by atoms with van der Waals surface area (Å²) in [7, 11) is 0. The molecule has 0 fully saturated rings. The molecule has 0 spiro atoms. The number of benzene rings is 1. The van der Waals surface area contributed by atoms with Crippen molar-refractivity contribution in [3.05, 3.63) is 52.0 Å². The number of hydrogen-bond donors (Lipinski definition) is 1. The zero-order valence-corrected chi connectivity index (χ0v) is 14.2. The van der Waals surface area contributed by atoms with E-state index in [0.717, 1.165) is 29.1 Å². The van der Waals surface area contributed by atoms with Crippen molar-refractivity contribution in [2.45, 2.75) is 19.3 Å². The van der Waals surface area contributed by atoms with Crippen LogP contribution in [0.25, 0.3) is 10.6 Å². The number of nitrogens with one attached hydrogen (secondary N) is 1. The van der Waals surface area contributed by atoms with Crippen LogP contribution >= 0.6 is 22.7 Å². The molecular formula is C17H13N3O2S2. The second-order valence-electron chi connectivity index (χ2n) is 5.43. The second-order valence-corrected chi connectivity index (χ2v) is 7.29. The van der Waals surface area contributed by atoms with Crippen molar-refractivity contribution in [1.29, 1.82) is 0 Å². The quantitative estimate of drug-likeness (QED) is 0.770. The number of thiazole rings is 2. The monoisotopic (exact) mass is 355 g/mol. The van der Waals surface area contributed by atoms with Crippen LogP contribution in [-0.4, -0.2) is 21.7 Å².